The van der Waals surface area contributed by atoms with Crippen LogP contribution in [0.3, 0.4) is 0 Å². The lowest BCUT2D eigenvalue weighted by atomic mass is 9.71. The highest BCUT2D eigenvalue weighted by atomic mass is 16.5. The van der Waals surface area contributed by atoms with Crippen LogP contribution >= 0.6 is 0 Å². The van der Waals surface area contributed by atoms with Gasteiger partial charge in [0.05, 0.1) is 12.0 Å². The standard InChI is InChI=1S/C23H32N2O4/c1-6-23(4,5)18(14-9-7-8-10-15(14)21(24)27)22(28)25-11-16(13(2)3)20-19(25)17(26)12-29-20/h7-10,13,16,18-20H,6,11-12H2,1-5H3,(H2,24,27)/t16-,18+,19-,20-/m1/s1. The molecule has 1 aromatic rings. The van der Waals surface area contributed by atoms with E-state index >= 15 is 0 Å². The fourth-order valence-corrected chi connectivity index (χ4v) is 4.74. The predicted molar refractivity (Wildman–Crippen MR) is 110 cm³/mol. The summed E-state index contributed by atoms with van der Waals surface area (Å²) in [6, 6.07) is 6.50. The van der Waals surface area contributed by atoms with Gasteiger partial charge in [-0.25, -0.2) is 0 Å². The van der Waals surface area contributed by atoms with Gasteiger partial charge in [-0.3, -0.25) is 14.4 Å². The molecule has 6 nitrogen and oxygen atoms in total. The number of hydrogen-bond donors (Lipinski definition) is 1. The minimum Gasteiger partial charge on any atom is -0.367 e. The van der Waals surface area contributed by atoms with Gasteiger partial charge in [0.2, 0.25) is 11.8 Å². The fourth-order valence-electron chi connectivity index (χ4n) is 4.74. The normalized spacial score (nSPS) is 25.4. The van der Waals surface area contributed by atoms with Crippen molar-refractivity contribution in [2.45, 2.75) is 59.1 Å². The van der Waals surface area contributed by atoms with Crippen molar-refractivity contribution < 1.29 is 19.1 Å². The van der Waals surface area contributed by atoms with Crippen LogP contribution in [0.15, 0.2) is 24.3 Å². The molecule has 0 spiro atoms. The van der Waals surface area contributed by atoms with E-state index in [1.165, 1.54) is 0 Å². The van der Waals surface area contributed by atoms with E-state index in [2.05, 4.69) is 13.8 Å². The van der Waals surface area contributed by atoms with Crippen molar-refractivity contribution in [1.29, 1.82) is 0 Å². The van der Waals surface area contributed by atoms with Crippen LogP contribution < -0.4 is 5.73 Å². The smallest absolute Gasteiger partial charge is 0.249 e. The lowest BCUT2D eigenvalue weighted by molar-refractivity contribution is -0.140. The van der Waals surface area contributed by atoms with Crippen molar-refractivity contribution in [2.24, 2.45) is 23.0 Å². The zero-order valence-corrected chi connectivity index (χ0v) is 18.0. The molecule has 3 rings (SSSR count). The molecule has 1 aromatic carbocycles. The molecule has 0 bridgehead atoms. The number of nitrogens with zero attached hydrogens (tertiary/aromatic N) is 1. The molecule has 2 saturated heterocycles. The Morgan fingerprint density at radius 1 is 1.28 bits per heavy atom. The highest BCUT2D eigenvalue weighted by molar-refractivity contribution is 5.99. The molecule has 0 unspecified atom stereocenters. The first-order valence-electron chi connectivity index (χ1n) is 10.4. The van der Waals surface area contributed by atoms with Crippen LogP contribution in [-0.4, -0.2) is 47.8 Å². The highest BCUT2D eigenvalue weighted by Crippen LogP contribution is 2.44. The quantitative estimate of drug-likeness (QED) is 0.795. The van der Waals surface area contributed by atoms with Crippen LogP contribution in [0.25, 0.3) is 0 Å². The third kappa shape index (κ3) is 3.70. The third-order valence-electron chi connectivity index (χ3n) is 6.84. The Morgan fingerprint density at radius 3 is 2.52 bits per heavy atom. The maximum atomic E-state index is 13.9. The molecule has 158 valence electrons. The Bertz CT molecular complexity index is 817. The van der Waals surface area contributed by atoms with Gasteiger partial charge in [-0.2, -0.15) is 0 Å². The molecule has 2 aliphatic rings. The molecular formula is C23H32N2O4. The van der Waals surface area contributed by atoms with Gasteiger partial charge in [0, 0.05) is 18.0 Å². The van der Waals surface area contributed by atoms with Crippen molar-refractivity contribution in [3.05, 3.63) is 35.4 Å². The summed E-state index contributed by atoms with van der Waals surface area (Å²) >= 11 is 0. The molecule has 0 saturated carbocycles. The van der Waals surface area contributed by atoms with E-state index in [4.69, 9.17) is 10.5 Å². The summed E-state index contributed by atoms with van der Waals surface area (Å²) in [6.45, 7) is 10.8. The molecule has 6 heteroatoms. The Labute approximate surface area is 172 Å². The monoisotopic (exact) mass is 400 g/mol. The molecular weight excluding hydrogens is 368 g/mol. The van der Waals surface area contributed by atoms with Crippen LogP contribution in [0.4, 0.5) is 0 Å². The second-order valence-electron chi connectivity index (χ2n) is 9.31. The molecule has 0 aromatic heterocycles. The van der Waals surface area contributed by atoms with Crippen molar-refractivity contribution in [3.8, 4) is 0 Å². The number of amides is 2. The zero-order chi connectivity index (χ0) is 21.5. The van der Waals surface area contributed by atoms with Crippen LogP contribution in [0.5, 0.6) is 0 Å². The van der Waals surface area contributed by atoms with Gasteiger partial charge in [0.25, 0.3) is 0 Å². The maximum absolute atomic E-state index is 13.9. The summed E-state index contributed by atoms with van der Waals surface area (Å²) < 4.78 is 5.79. The average Bonchev–Trinajstić information content (AvgIpc) is 3.23. The number of Topliss-reactive ketones (excluding diaryl/α,β-unsaturated/α-hetero) is 1. The van der Waals surface area contributed by atoms with E-state index in [0.29, 0.717) is 23.6 Å². The summed E-state index contributed by atoms with van der Waals surface area (Å²) in [5.41, 5.74) is 6.19. The number of hydrogen-bond acceptors (Lipinski definition) is 4. The molecule has 2 N–H and O–H groups in total. The van der Waals surface area contributed by atoms with E-state index < -0.39 is 23.3 Å². The summed E-state index contributed by atoms with van der Waals surface area (Å²) in [6.07, 6.45) is 0.486. The Morgan fingerprint density at radius 2 is 1.93 bits per heavy atom. The fraction of sp³-hybridized carbons (Fsp3) is 0.609. The van der Waals surface area contributed by atoms with Crippen LogP contribution in [0.2, 0.25) is 0 Å². The van der Waals surface area contributed by atoms with E-state index in [1.54, 1.807) is 23.1 Å². The number of nitrogens with two attached hydrogens (primary N) is 1. The number of likely N-dealkylation sites (tertiary alicyclic amines) is 1. The number of ether oxygens (including phenoxy) is 1. The number of rotatable bonds is 6. The second kappa shape index (κ2) is 7.90. The largest absolute Gasteiger partial charge is 0.367 e. The molecule has 2 aliphatic heterocycles. The van der Waals surface area contributed by atoms with E-state index in [1.807, 2.05) is 26.8 Å². The Hall–Kier alpha value is -2.21. The van der Waals surface area contributed by atoms with E-state index in [-0.39, 0.29) is 30.3 Å². The first-order valence-corrected chi connectivity index (χ1v) is 10.4. The number of fused-ring (bicyclic) bond motifs is 1. The van der Waals surface area contributed by atoms with Crippen LogP contribution in [0, 0.1) is 17.3 Å². The number of ketones is 1. The summed E-state index contributed by atoms with van der Waals surface area (Å²) in [4.78, 5) is 40.3. The molecule has 2 heterocycles. The maximum Gasteiger partial charge on any atom is 0.249 e. The highest BCUT2D eigenvalue weighted by Gasteiger charge is 2.54. The van der Waals surface area contributed by atoms with Crippen molar-refractivity contribution in [3.63, 3.8) is 0 Å². The average molecular weight is 401 g/mol. The Kier molecular flexibility index (Phi) is 5.86. The van der Waals surface area contributed by atoms with Gasteiger partial charge >= 0.3 is 0 Å². The molecule has 2 fully saturated rings. The van der Waals surface area contributed by atoms with Crippen molar-refractivity contribution >= 4 is 17.6 Å². The van der Waals surface area contributed by atoms with Crippen molar-refractivity contribution in [2.75, 3.05) is 13.2 Å². The van der Waals surface area contributed by atoms with Crippen LogP contribution in [-0.2, 0) is 14.3 Å². The van der Waals surface area contributed by atoms with Gasteiger partial charge in [-0.15, -0.1) is 0 Å². The third-order valence-corrected chi connectivity index (χ3v) is 6.84. The summed E-state index contributed by atoms with van der Waals surface area (Å²) in [5, 5.41) is 0. The zero-order valence-electron chi connectivity index (χ0n) is 18.0. The minimum absolute atomic E-state index is 0.0391. The van der Waals surface area contributed by atoms with Gasteiger partial charge in [-0.05, 0) is 29.4 Å². The first kappa shape index (κ1) is 21.5. The van der Waals surface area contributed by atoms with E-state index in [9.17, 15) is 14.4 Å². The van der Waals surface area contributed by atoms with E-state index in [0.717, 1.165) is 6.42 Å². The summed E-state index contributed by atoms with van der Waals surface area (Å²) in [7, 11) is 0. The predicted octanol–water partition coefficient (Wildman–Crippen LogP) is 2.76. The number of carbonyl (C=O) groups excluding carboxylic acids is 3. The molecule has 0 radical (unpaired) electrons. The van der Waals surface area contributed by atoms with Gasteiger partial charge in [-0.1, -0.05) is 52.8 Å². The van der Waals surface area contributed by atoms with Gasteiger partial charge < -0.3 is 15.4 Å². The minimum atomic E-state index is -0.573. The number of carbonyl (C=O) groups is 3. The SMILES string of the molecule is CCC(C)(C)[C@H](C(=O)N1C[C@H](C(C)C)[C@H]2OCC(=O)[C@H]21)c1ccccc1C(N)=O. The second-order valence-corrected chi connectivity index (χ2v) is 9.31. The van der Waals surface area contributed by atoms with Crippen LogP contribution in [0.1, 0.15) is 62.9 Å². The molecule has 0 aliphatic carbocycles. The lowest BCUT2D eigenvalue weighted by Crippen LogP contribution is -2.47. The molecule has 2 amide bonds. The molecule has 29 heavy (non-hydrogen) atoms. The van der Waals surface area contributed by atoms with Crippen molar-refractivity contribution in [1.82, 2.24) is 4.90 Å². The first-order chi connectivity index (χ1) is 13.6. The summed E-state index contributed by atoms with van der Waals surface area (Å²) in [5.74, 6) is -0.875. The molecule has 4 atom stereocenters. The topological polar surface area (TPSA) is 89.7 Å². The van der Waals surface area contributed by atoms with Gasteiger partial charge in [0.15, 0.2) is 5.78 Å². The number of benzene rings is 1. The lowest BCUT2D eigenvalue weighted by Gasteiger charge is -2.37. The Balaban J connectivity index is 2.07. The number of primary amides is 1. The van der Waals surface area contributed by atoms with Gasteiger partial charge in [0.1, 0.15) is 12.6 Å².